The lowest BCUT2D eigenvalue weighted by Gasteiger charge is -2.19. The van der Waals surface area contributed by atoms with Crippen LogP contribution in [0.5, 0.6) is 5.75 Å². The summed E-state index contributed by atoms with van der Waals surface area (Å²) >= 11 is 13.3. The van der Waals surface area contributed by atoms with Gasteiger partial charge in [0.15, 0.2) is 0 Å². The van der Waals surface area contributed by atoms with E-state index in [1.165, 1.54) is 18.0 Å². The normalized spacial score (nSPS) is 11.0. The number of phenolic OH excluding ortho intramolecular Hbond substituents is 1. The van der Waals surface area contributed by atoms with E-state index in [4.69, 9.17) is 23.2 Å². The van der Waals surface area contributed by atoms with Crippen molar-refractivity contribution in [1.82, 2.24) is 4.72 Å². The van der Waals surface area contributed by atoms with Crippen LogP contribution in [0.4, 0.5) is 0 Å². The van der Waals surface area contributed by atoms with Gasteiger partial charge in [0.1, 0.15) is 5.75 Å². The molecule has 0 fully saturated rings. The third-order valence-electron chi connectivity index (χ3n) is 3.55. The van der Waals surface area contributed by atoms with Gasteiger partial charge in [0.2, 0.25) is 0 Å². The van der Waals surface area contributed by atoms with Crippen molar-refractivity contribution >= 4 is 35.1 Å². The van der Waals surface area contributed by atoms with E-state index in [9.17, 15) is 5.11 Å². The summed E-state index contributed by atoms with van der Waals surface area (Å²) in [4.78, 5) is 0.587. The topological polar surface area (TPSA) is 32.3 Å². The molecule has 0 aliphatic rings. The van der Waals surface area contributed by atoms with Crippen LogP contribution in [0.15, 0.2) is 77.7 Å². The Morgan fingerprint density at radius 2 is 1.38 bits per heavy atom. The zero-order valence-electron chi connectivity index (χ0n) is 12.6. The molecule has 0 saturated carbocycles. The van der Waals surface area contributed by atoms with Crippen molar-refractivity contribution in [1.29, 1.82) is 0 Å². The molecule has 0 unspecified atom stereocenters. The van der Waals surface area contributed by atoms with Crippen molar-refractivity contribution in [2.45, 2.75) is 10.9 Å². The number of benzene rings is 3. The summed E-state index contributed by atoms with van der Waals surface area (Å²) in [6, 6.07) is 23.4. The monoisotopic (exact) mass is 375 g/mol. The quantitative estimate of drug-likeness (QED) is 0.529. The Hall–Kier alpha value is -1.65. The second-order valence-corrected chi connectivity index (χ2v) is 6.93. The maximum absolute atomic E-state index is 10.1. The highest BCUT2D eigenvalue weighted by molar-refractivity contribution is 7.97. The van der Waals surface area contributed by atoms with Crippen LogP contribution in [0.1, 0.15) is 17.2 Å². The molecular weight excluding hydrogens is 361 g/mol. The Labute approximate surface area is 155 Å². The van der Waals surface area contributed by atoms with Crippen LogP contribution < -0.4 is 4.72 Å². The fourth-order valence-corrected chi connectivity index (χ4v) is 3.89. The second kappa shape index (κ2) is 7.95. The Balaban J connectivity index is 1.89. The van der Waals surface area contributed by atoms with Crippen LogP contribution in [0, 0.1) is 0 Å². The van der Waals surface area contributed by atoms with Crippen LogP contribution in [-0.4, -0.2) is 5.11 Å². The van der Waals surface area contributed by atoms with E-state index in [1.807, 2.05) is 36.4 Å². The van der Waals surface area contributed by atoms with Crippen molar-refractivity contribution in [3.05, 3.63) is 94.0 Å². The molecule has 0 bridgehead atoms. The zero-order chi connectivity index (χ0) is 16.9. The maximum atomic E-state index is 10.1. The molecule has 0 aliphatic carbocycles. The first-order chi connectivity index (χ1) is 11.6. The van der Waals surface area contributed by atoms with Crippen molar-refractivity contribution in [3.8, 4) is 5.75 Å². The lowest BCUT2D eigenvalue weighted by molar-refractivity contribution is 0.462. The summed E-state index contributed by atoms with van der Waals surface area (Å²) in [6.07, 6.45) is 0. The summed E-state index contributed by atoms with van der Waals surface area (Å²) in [5, 5.41) is 10.8. The highest BCUT2D eigenvalue weighted by Gasteiger charge is 2.16. The number of rotatable bonds is 5. The van der Waals surface area contributed by atoms with E-state index in [0.717, 1.165) is 11.1 Å². The summed E-state index contributed by atoms with van der Waals surface area (Å²) in [5.74, 6) is 0.0263. The molecule has 0 aromatic heterocycles. The molecule has 3 aromatic carbocycles. The van der Waals surface area contributed by atoms with Gasteiger partial charge < -0.3 is 5.11 Å². The Morgan fingerprint density at radius 1 is 0.833 bits per heavy atom. The third-order valence-corrected chi connectivity index (χ3v) is 4.94. The molecule has 122 valence electrons. The molecule has 2 N–H and O–H groups in total. The molecule has 0 atom stereocenters. The molecule has 3 rings (SSSR count). The first-order valence-electron chi connectivity index (χ1n) is 7.35. The Morgan fingerprint density at radius 3 is 1.92 bits per heavy atom. The molecule has 0 saturated heterocycles. The SMILES string of the molecule is Oc1c(Cl)cc(Cl)cc1SNC(c1ccccc1)c1ccccc1. The summed E-state index contributed by atoms with van der Waals surface area (Å²) < 4.78 is 3.40. The van der Waals surface area contributed by atoms with Crippen molar-refractivity contribution < 1.29 is 5.11 Å². The average molecular weight is 376 g/mol. The largest absolute Gasteiger partial charge is 0.505 e. The van der Waals surface area contributed by atoms with E-state index in [0.29, 0.717) is 9.92 Å². The zero-order valence-corrected chi connectivity index (χ0v) is 14.9. The molecule has 3 aromatic rings. The van der Waals surface area contributed by atoms with Gasteiger partial charge in [-0.25, -0.2) is 4.72 Å². The molecule has 5 heteroatoms. The van der Waals surface area contributed by atoms with E-state index in [2.05, 4.69) is 29.0 Å². The highest BCUT2D eigenvalue weighted by atomic mass is 35.5. The van der Waals surface area contributed by atoms with E-state index in [1.54, 1.807) is 6.07 Å². The van der Waals surface area contributed by atoms with Gasteiger partial charge in [-0.3, -0.25) is 0 Å². The minimum absolute atomic E-state index is 0.0263. The van der Waals surface area contributed by atoms with Crippen LogP contribution in [0.3, 0.4) is 0 Å². The van der Waals surface area contributed by atoms with Crippen molar-refractivity contribution in [3.63, 3.8) is 0 Å². The molecule has 0 aliphatic heterocycles. The minimum Gasteiger partial charge on any atom is -0.505 e. The van der Waals surface area contributed by atoms with Crippen LogP contribution >= 0.6 is 35.1 Å². The standard InChI is InChI=1S/C19H15Cl2NOS/c20-15-11-16(21)19(23)17(12-15)24-22-18(13-7-3-1-4-8-13)14-9-5-2-6-10-14/h1-12,18,22-23H. The fraction of sp³-hybridized carbons (Fsp3) is 0.0526. The minimum atomic E-state index is -0.0328. The van der Waals surface area contributed by atoms with E-state index < -0.39 is 0 Å². The van der Waals surface area contributed by atoms with Gasteiger partial charge in [0.25, 0.3) is 0 Å². The smallest absolute Gasteiger partial charge is 0.149 e. The van der Waals surface area contributed by atoms with Gasteiger partial charge >= 0.3 is 0 Å². The number of nitrogens with one attached hydrogen (secondary N) is 1. The number of hydrogen-bond acceptors (Lipinski definition) is 3. The molecule has 0 spiro atoms. The van der Waals surface area contributed by atoms with Gasteiger partial charge in [-0.1, -0.05) is 83.9 Å². The van der Waals surface area contributed by atoms with Gasteiger partial charge in [-0.15, -0.1) is 0 Å². The summed E-state index contributed by atoms with van der Waals surface area (Å²) in [7, 11) is 0. The Kier molecular flexibility index (Phi) is 5.69. The molecule has 2 nitrogen and oxygen atoms in total. The van der Waals surface area contributed by atoms with E-state index >= 15 is 0 Å². The lowest BCUT2D eigenvalue weighted by atomic mass is 10.00. The van der Waals surface area contributed by atoms with Crippen molar-refractivity contribution in [2.75, 3.05) is 0 Å². The maximum Gasteiger partial charge on any atom is 0.149 e. The lowest BCUT2D eigenvalue weighted by Crippen LogP contribution is -2.15. The first kappa shape index (κ1) is 17.2. The third kappa shape index (κ3) is 4.05. The number of hydrogen-bond donors (Lipinski definition) is 2. The first-order valence-corrected chi connectivity index (χ1v) is 8.92. The van der Waals surface area contributed by atoms with Gasteiger partial charge in [-0.2, -0.15) is 0 Å². The molecule has 24 heavy (non-hydrogen) atoms. The molecule has 0 heterocycles. The predicted octanol–water partition coefficient (Wildman–Crippen LogP) is 6.09. The number of phenols is 1. The summed E-state index contributed by atoms with van der Waals surface area (Å²) in [5.41, 5.74) is 2.26. The average Bonchev–Trinajstić information content (AvgIpc) is 2.61. The highest BCUT2D eigenvalue weighted by Crippen LogP contribution is 2.38. The van der Waals surface area contributed by atoms with Crippen LogP contribution in [-0.2, 0) is 0 Å². The van der Waals surface area contributed by atoms with Gasteiger partial charge in [0.05, 0.1) is 16.0 Å². The van der Waals surface area contributed by atoms with Gasteiger partial charge in [0, 0.05) is 5.02 Å². The van der Waals surface area contributed by atoms with Crippen LogP contribution in [0.2, 0.25) is 10.0 Å². The number of halogens is 2. The fourth-order valence-electron chi connectivity index (χ4n) is 2.36. The molecule has 0 radical (unpaired) electrons. The summed E-state index contributed by atoms with van der Waals surface area (Å²) in [6.45, 7) is 0. The molecular formula is C19H15Cl2NOS. The van der Waals surface area contributed by atoms with Crippen LogP contribution in [0.25, 0.3) is 0 Å². The van der Waals surface area contributed by atoms with E-state index in [-0.39, 0.29) is 16.8 Å². The second-order valence-electron chi connectivity index (χ2n) is 5.21. The number of aromatic hydroxyl groups is 1. The van der Waals surface area contributed by atoms with Gasteiger partial charge in [-0.05, 0) is 35.2 Å². The van der Waals surface area contributed by atoms with Crippen molar-refractivity contribution in [2.24, 2.45) is 0 Å². The Bertz CT molecular complexity index is 773. The molecule has 0 amide bonds. The predicted molar refractivity (Wildman–Crippen MR) is 102 cm³/mol.